The number of ether oxygens (including phenoxy) is 1. The van der Waals surface area contributed by atoms with Gasteiger partial charge in [0.1, 0.15) is 6.61 Å². The van der Waals surface area contributed by atoms with E-state index in [1.165, 1.54) is 6.07 Å². The molecule has 0 spiro atoms. The highest BCUT2D eigenvalue weighted by atomic mass is 19.4. The zero-order valence-electron chi connectivity index (χ0n) is 19.2. The molecule has 1 heterocycles. The molecule has 33 heavy (non-hydrogen) atoms. The smallest absolute Gasteiger partial charge is 0.417 e. The third kappa shape index (κ3) is 7.03. The predicted octanol–water partition coefficient (Wildman–Crippen LogP) is 5.85. The molecule has 0 bridgehead atoms. The van der Waals surface area contributed by atoms with Crippen molar-refractivity contribution in [2.45, 2.75) is 39.9 Å². The number of aromatic nitrogens is 1. The predicted molar refractivity (Wildman–Crippen MR) is 124 cm³/mol. The molecule has 1 aromatic carbocycles. The number of aryl methyl sites for hydroxylation is 1. The van der Waals surface area contributed by atoms with Crippen molar-refractivity contribution in [3.05, 3.63) is 83.7 Å². The van der Waals surface area contributed by atoms with Crippen LogP contribution in [0.1, 0.15) is 47.8 Å². The van der Waals surface area contributed by atoms with Gasteiger partial charge >= 0.3 is 6.18 Å². The molecular formula is C25H28F3N3O2. The molecular weight excluding hydrogens is 431 g/mol. The summed E-state index contributed by atoms with van der Waals surface area (Å²) < 4.78 is 43.7. The Kier molecular flexibility index (Phi) is 8.96. The van der Waals surface area contributed by atoms with E-state index in [4.69, 9.17) is 4.74 Å². The van der Waals surface area contributed by atoms with Crippen molar-refractivity contribution >= 4 is 11.6 Å². The fraction of sp³-hybridized carbons (Fsp3) is 0.320. The molecule has 0 fully saturated rings. The molecule has 0 saturated heterocycles. The Morgan fingerprint density at radius 3 is 2.58 bits per heavy atom. The molecule has 2 aromatic rings. The van der Waals surface area contributed by atoms with Crippen LogP contribution in [0.4, 0.5) is 13.2 Å². The van der Waals surface area contributed by atoms with E-state index < -0.39 is 11.7 Å². The highest BCUT2D eigenvalue weighted by Crippen LogP contribution is 2.29. The van der Waals surface area contributed by atoms with Gasteiger partial charge in [-0.1, -0.05) is 30.4 Å². The summed E-state index contributed by atoms with van der Waals surface area (Å²) in [5.41, 5.74) is 2.01. The number of allylic oxidation sites excluding steroid dienone is 2. The summed E-state index contributed by atoms with van der Waals surface area (Å²) in [6.45, 7) is 11.5. The van der Waals surface area contributed by atoms with Gasteiger partial charge in [-0.3, -0.25) is 9.79 Å². The lowest BCUT2D eigenvalue weighted by atomic mass is 9.99. The fourth-order valence-electron chi connectivity index (χ4n) is 3.18. The normalized spacial score (nSPS) is 13.1. The molecule has 0 radical (unpaired) electrons. The number of carbonyl (C=O) groups excluding carboxylic acids is 1. The number of hydrogen-bond acceptors (Lipinski definition) is 4. The molecule has 1 atom stereocenters. The lowest BCUT2D eigenvalue weighted by Crippen LogP contribution is -2.42. The molecule has 1 aromatic heterocycles. The van der Waals surface area contributed by atoms with E-state index in [2.05, 4.69) is 16.6 Å². The van der Waals surface area contributed by atoms with Crippen molar-refractivity contribution in [1.82, 2.24) is 9.88 Å². The molecule has 1 amide bonds. The Hall–Kier alpha value is -3.42. The number of aliphatic imine (C=N–C) groups is 1. The molecule has 2 rings (SSSR count). The van der Waals surface area contributed by atoms with Crippen LogP contribution in [0, 0.1) is 6.92 Å². The minimum Gasteiger partial charge on any atom is -0.475 e. The van der Waals surface area contributed by atoms with Crippen LogP contribution in [0.25, 0.3) is 0 Å². The lowest BCUT2D eigenvalue weighted by molar-refractivity contribution is -0.137. The number of halogens is 3. The molecule has 0 N–H and O–H groups in total. The average Bonchev–Trinajstić information content (AvgIpc) is 2.77. The van der Waals surface area contributed by atoms with Gasteiger partial charge in [-0.25, -0.2) is 4.98 Å². The molecule has 176 valence electrons. The minimum atomic E-state index is -4.46. The van der Waals surface area contributed by atoms with Crippen molar-refractivity contribution < 1.29 is 22.7 Å². The van der Waals surface area contributed by atoms with Gasteiger partial charge in [0, 0.05) is 41.8 Å². The summed E-state index contributed by atoms with van der Waals surface area (Å²) in [6, 6.07) is 7.34. The number of alkyl halides is 3. The fourth-order valence-corrected chi connectivity index (χ4v) is 3.18. The number of carbonyl (C=O) groups is 1. The van der Waals surface area contributed by atoms with Crippen LogP contribution >= 0.6 is 0 Å². The zero-order valence-corrected chi connectivity index (χ0v) is 19.2. The summed E-state index contributed by atoms with van der Waals surface area (Å²) >= 11 is 0. The van der Waals surface area contributed by atoms with Crippen LogP contribution in [0.5, 0.6) is 5.88 Å². The molecule has 0 aliphatic rings. The number of pyridine rings is 1. The molecule has 0 saturated carbocycles. The average molecular weight is 460 g/mol. The zero-order chi connectivity index (χ0) is 24.6. The van der Waals surface area contributed by atoms with Crippen LogP contribution < -0.4 is 4.74 Å². The van der Waals surface area contributed by atoms with Crippen molar-refractivity contribution in [3.63, 3.8) is 0 Å². The number of nitrogens with zero attached hydrogens (tertiary/aromatic N) is 3. The minimum absolute atomic E-state index is 0.0616. The first-order chi connectivity index (χ1) is 15.6. The van der Waals surface area contributed by atoms with Gasteiger partial charge in [0.25, 0.3) is 5.91 Å². The largest absolute Gasteiger partial charge is 0.475 e. The van der Waals surface area contributed by atoms with Gasteiger partial charge in [0.15, 0.2) is 0 Å². The molecule has 0 aliphatic heterocycles. The third-order valence-corrected chi connectivity index (χ3v) is 4.96. The van der Waals surface area contributed by atoms with E-state index in [1.54, 1.807) is 23.3 Å². The van der Waals surface area contributed by atoms with E-state index in [-0.39, 0.29) is 24.4 Å². The van der Waals surface area contributed by atoms with Crippen LogP contribution in [0.3, 0.4) is 0 Å². The van der Waals surface area contributed by atoms with Crippen LogP contribution in [-0.4, -0.2) is 40.7 Å². The first-order valence-corrected chi connectivity index (χ1v) is 10.5. The van der Waals surface area contributed by atoms with Gasteiger partial charge < -0.3 is 9.64 Å². The van der Waals surface area contributed by atoms with E-state index in [1.807, 2.05) is 45.9 Å². The summed E-state index contributed by atoms with van der Waals surface area (Å²) in [7, 11) is 0. The highest BCUT2D eigenvalue weighted by Gasteiger charge is 2.31. The maximum Gasteiger partial charge on any atom is 0.417 e. The number of benzene rings is 1. The first kappa shape index (κ1) is 25.8. The summed E-state index contributed by atoms with van der Waals surface area (Å²) in [5.74, 6) is -0.124. The Morgan fingerprint density at radius 2 is 2.00 bits per heavy atom. The van der Waals surface area contributed by atoms with E-state index >= 15 is 0 Å². The first-order valence-electron chi connectivity index (χ1n) is 10.5. The highest BCUT2D eigenvalue weighted by molar-refractivity contribution is 6.09. The van der Waals surface area contributed by atoms with Gasteiger partial charge in [0.05, 0.1) is 11.6 Å². The topological polar surface area (TPSA) is 54.8 Å². The second kappa shape index (κ2) is 11.4. The number of rotatable bonds is 9. The maximum atomic E-state index is 13.4. The Labute approximate surface area is 192 Å². The van der Waals surface area contributed by atoms with Gasteiger partial charge in [-0.2, -0.15) is 13.2 Å². The van der Waals surface area contributed by atoms with E-state index in [9.17, 15) is 18.0 Å². The molecule has 8 heteroatoms. The van der Waals surface area contributed by atoms with E-state index in [0.717, 1.165) is 23.4 Å². The monoisotopic (exact) mass is 459 g/mol. The lowest BCUT2D eigenvalue weighted by Gasteiger charge is -2.29. The number of hydrogen-bond donors (Lipinski definition) is 0. The van der Waals surface area contributed by atoms with Gasteiger partial charge in [-0.05, 0) is 45.9 Å². The van der Waals surface area contributed by atoms with E-state index in [0.29, 0.717) is 17.8 Å². The standard InChI is InChI=1S/C25H28F3N3O2/c1-6-8-13-29-19(5)21-11-9-17(3)14-22(21)24(32)31(7-2)18(4)16-33-23-12-10-20(15-30-23)25(26,27)28/h6,8-15,18H,1,7,16H2,2-5H3/b13-8-,29-19+/t18-/m0/s1. The second-order valence-electron chi connectivity index (χ2n) is 7.47. The van der Waals surface area contributed by atoms with Crippen molar-refractivity contribution in [1.29, 1.82) is 0 Å². The number of likely N-dealkylation sites (N-methyl/N-ethyl adjacent to an activating group) is 1. The summed E-state index contributed by atoms with van der Waals surface area (Å²) in [6.07, 6.45) is 1.20. The van der Waals surface area contributed by atoms with Gasteiger partial charge in [-0.15, -0.1) is 0 Å². The van der Waals surface area contributed by atoms with Gasteiger partial charge in [0.2, 0.25) is 5.88 Å². The second-order valence-corrected chi connectivity index (χ2v) is 7.47. The SMILES string of the molecule is C=C/C=C\N=C(/C)c1ccc(C)cc1C(=O)N(CC)[C@@H](C)COc1ccc(C(F)(F)F)cn1. The summed E-state index contributed by atoms with van der Waals surface area (Å²) in [4.78, 5) is 23.2. The van der Waals surface area contributed by atoms with Crippen LogP contribution in [0.15, 0.2) is 66.5 Å². The van der Waals surface area contributed by atoms with Crippen molar-refractivity contribution in [2.24, 2.45) is 4.99 Å². The van der Waals surface area contributed by atoms with Crippen molar-refractivity contribution in [2.75, 3.05) is 13.2 Å². The third-order valence-electron chi connectivity index (χ3n) is 4.96. The Morgan fingerprint density at radius 1 is 1.27 bits per heavy atom. The summed E-state index contributed by atoms with van der Waals surface area (Å²) in [5, 5.41) is 0. The Balaban J connectivity index is 2.20. The number of amides is 1. The molecule has 5 nitrogen and oxygen atoms in total. The van der Waals surface area contributed by atoms with Crippen molar-refractivity contribution in [3.8, 4) is 5.88 Å². The van der Waals surface area contributed by atoms with Crippen LogP contribution in [-0.2, 0) is 6.18 Å². The maximum absolute atomic E-state index is 13.4. The Bertz CT molecular complexity index is 1030. The van der Waals surface area contributed by atoms with Crippen LogP contribution in [0.2, 0.25) is 0 Å². The molecule has 0 unspecified atom stereocenters. The quantitative estimate of drug-likeness (QED) is 0.349. The molecule has 0 aliphatic carbocycles.